The zero-order valence-electron chi connectivity index (χ0n) is 13.5. The number of thioether (sulfide) groups is 1. The van der Waals surface area contributed by atoms with E-state index in [2.05, 4.69) is 43.4 Å². The molecule has 0 heterocycles. The molecule has 0 aliphatic heterocycles. The summed E-state index contributed by atoms with van der Waals surface area (Å²) in [5.74, 6) is 0.493. The van der Waals surface area contributed by atoms with Crippen molar-refractivity contribution in [3.05, 3.63) is 35.4 Å². The van der Waals surface area contributed by atoms with Crippen molar-refractivity contribution in [2.24, 2.45) is 5.92 Å². The molecule has 0 saturated carbocycles. The number of hydrogen-bond acceptors (Lipinski definition) is 3. The summed E-state index contributed by atoms with van der Waals surface area (Å²) in [4.78, 5) is 22.2. The second-order valence-corrected chi connectivity index (χ2v) is 6.93. The summed E-state index contributed by atoms with van der Waals surface area (Å²) in [5, 5.41) is 11.5. The van der Waals surface area contributed by atoms with Crippen LogP contribution in [0.4, 0.5) is 0 Å². The van der Waals surface area contributed by atoms with Crippen LogP contribution >= 0.6 is 11.8 Å². The van der Waals surface area contributed by atoms with Crippen molar-refractivity contribution in [3.63, 3.8) is 0 Å². The average molecular weight is 323 g/mol. The number of carboxylic acids is 1. The van der Waals surface area contributed by atoms with Crippen LogP contribution in [0.25, 0.3) is 0 Å². The Labute approximate surface area is 136 Å². The number of amides is 1. The van der Waals surface area contributed by atoms with Gasteiger partial charge in [0.25, 0.3) is 0 Å². The summed E-state index contributed by atoms with van der Waals surface area (Å²) in [6.07, 6.45) is 1.14. The molecule has 2 N–H and O–H groups in total. The first-order valence-electron chi connectivity index (χ1n) is 7.56. The van der Waals surface area contributed by atoms with Crippen LogP contribution in [0.1, 0.15) is 44.4 Å². The molecule has 0 aromatic heterocycles. The first-order valence-corrected chi connectivity index (χ1v) is 8.71. The molecule has 4 nitrogen and oxygen atoms in total. The number of hydrogen-bond donors (Lipinski definition) is 2. The second kappa shape index (κ2) is 9.51. The molecule has 1 atom stereocenters. The highest BCUT2D eigenvalue weighted by Gasteiger charge is 2.10. The van der Waals surface area contributed by atoms with Crippen LogP contribution in [0, 0.1) is 5.92 Å². The topological polar surface area (TPSA) is 66.4 Å². The molecular formula is C17H25NO3S. The summed E-state index contributed by atoms with van der Waals surface area (Å²) >= 11 is 1.34. The van der Waals surface area contributed by atoms with Gasteiger partial charge in [-0.25, -0.2) is 0 Å². The Kier molecular flexibility index (Phi) is 8.02. The van der Waals surface area contributed by atoms with Gasteiger partial charge >= 0.3 is 5.97 Å². The van der Waals surface area contributed by atoms with E-state index in [1.54, 1.807) is 0 Å². The van der Waals surface area contributed by atoms with E-state index in [1.807, 2.05) is 6.92 Å². The van der Waals surface area contributed by atoms with Crippen molar-refractivity contribution in [1.29, 1.82) is 0 Å². The summed E-state index contributed by atoms with van der Waals surface area (Å²) in [6, 6.07) is 8.29. The molecule has 1 aromatic carbocycles. The number of aliphatic carboxylic acids is 1. The molecular weight excluding hydrogens is 298 g/mol. The fourth-order valence-electron chi connectivity index (χ4n) is 2.10. The van der Waals surface area contributed by atoms with Crippen molar-refractivity contribution in [3.8, 4) is 0 Å². The van der Waals surface area contributed by atoms with E-state index < -0.39 is 5.97 Å². The van der Waals surface area contributed by atoms with Gasteiger partial charge in [0, 0.05) is 5.75 Å². The van der Waals surface area contributed by atoms with Gasteiger partial charge in [0.2, 0.25) is 5.91 Å². The molecule has 1 amide bonds. The van der Waals surface area contributed by atoms with Crippen LogP contribution in [-0.4, -0.2) is 28.5 Å². The van der Waals surface area contributed by atoms with E-state index in [-0.39, 0.29) is 18.4 Å². The fourth-order valence-corrected chi connectivity index (χ4v) is 2.84. The molecule has 1 rings (SSSR count). The quantitative estimate of drug-likeness (QED) is 0.685. The maximum atomic E-state index is 11.8. The minimum Gasteiger partial charge on any atom is -0.481 e. The highest BCUT2D eigenvalue weighted by atomic mass is 32.2. The van der Waals surface area contributed by atoms with Crippen molar-refractivity contribution in [2.75, 3.05) is 11.5 Å². The molecule has 0 saturated heterocycles. The summed E-state index contributed by atoms with van der Waals surface area (Å²) in [6.45, 7) is 6.34. The summed E-state index contributed by atoms with van der Waals surface area (Å²) < 4.78 is 0. The van der Waals surface area contributed by atoms with Gasteiger partial charge in [-0.2, -0.15) is 11.8 Å². The Morgan fingerprint density at radius 2 is 1.82 bits per heavy atom. The normalized spacial score (nSPS) is 12.2. The van der Waals surface area contributed by atoms with E-state index in [9.17, 15) is 9.59 Å². The smallest absolute Gasteiger partial charge is 0.304 e. The van der Waals surface area contributed by atoms with Crippen LogP contribution in [0.2, 0.25) is 0 Å². The standard InChI is InChI=1S/C17H25NO3S/c1-12(2)10-14-4-6-15(7-5-14)13(3)18-16(19)11-22-9-8-17(20)21/h4-7,12-13H,8-11H2,1-3H3,(H,18,19)(H,20,21)/t13-/m1/s1. The Hall–Kier alpha value is -1.49. The van der Waals surface area contributed by atoms with Crippen LogP contribution < -0.4 is 5.32 Å². The summed E-state index contributed by atoms with van der Waals surface area (Å²) in [7, 11) is 0. The lowest BCUT2D eigenvalue weighted by atomic mass is 10.00. The highest BCUT2D eigenvalue weighted by Crippen LogP contribution is 2.16. The maximum Gasteiger partial charge on any atom is 0.304 e. The Bertz CT molecular complexity index is 485. The largest absolute Gasteiger partial charge is 0.481 e. The zero-order valence-corrected chi connectivity index (χ0v) is 14.3. The van der Waals surface area contributed by atoms with Crippen LogP contribution in [0.15, 0.2) is 24.3 Å². The second-order valence-electron chi connectivity index (χ2n) is 5.83. The Morgan fingerprint density at radius 1 is 1.18 bits per heavy atom. The van der Waals surface area contributed by atoms with E-state index in [0.29, 0.717) is 17.4 Å². The van der Waals surface area contributed by atoms with Crippen molar-refractivity contribution in [2.45, 2.75) is 39.7 Å². The molecule has 0 fully saturated rings. The zero-order chi connectivity index (χ0) is 16.5. The molecule has 22 heavy (non-hydrogen) atoms. The predicted molar refractivity (Wildman–Crippen MR) is 91.1 cm³/mol. The average Bonchev–Trinajstić information content (AvgIpc) is 2.43. The van der Waals surface area contributed by atoms with Gasteiger partial charge < -0.3 is 10.4 Å². The number of carbonyl (C=O) groups is 2. The van der Waals surface area contributed by atoms with E-state index in [4.69, 9.17) is 5.11 Å². The lowest BCUT2D eigenvalue weighted by Crippen LogP contribution is -2.28. The van der Waals surface area contributed by atoms with Crippen LogP contribution in [-0.2, 0) is 16.0 Å². The molecule has 0 aliphatic carbocycles. The van der Waals surface area contributed by atoms with Crippen molar-refractivity contribution < 1.29 is 14.7 Å². The van der Waals surface area contributed by atoms with Gasteiger partial charge in [0.1, 0.15) is 0 Å². The number of carboxylic acid groups (broad SMARTS) is 1. The minimum absolute atomic E-state index is 0.0410. The monoisotopic (exact) mass is 323 g/mol. The lowest BCUT2D eigenvalue weighted by molar-refractivity contribution is -0.136. The SMILES string of the molecule is CC(C)Cc1ccc([C@@H](C)NC(=O)CSCCC(=O)O)cc1. The first-order chi connectivity index (χ1) is 10.4. The lowest BCUT2D eigenvalue weighted by Gasteiger charge is -2.15. The van der Waals surface area contributed by atoms with Gasteiger partial charge in [-0.1, -0.05) is 38.1 Å². The molecule has 122 valence electrons. The van der Waals surface area contributed by atoms with Gasteiger partial charge in [0.05, 0.1) is 18.2 Å². The van der Waals surface area contributed by atoms with E-state index >= 15 is 0 Å². The van der Waals surface area contributed by atoms with Crippen molar-refractivity contribution >= 4 is 23.6 Å². The molecule has 0 radical (unpaired) electrons. The van der Waals surface area contributed by atoms with Gasteiger partial charge in [-0.05, 0) is 30.4 Å². The molecule has 0 spiro atoms. The van der Waals surface area contributed by atoms with Gasteiger partial charge in [0.15, 0.2) is 0 Å². The molecule has 0 unspecified atom stereocenters. The maximum absolute atomic E-state index is 11.8. The highest BCUT2D eigenvalue weighted by molar-refractivity contribution is 7.99. The predicted octanol–water partition coefficient (Wildman–Crippen LogP) is 3.27. The molecule has 5 heteroatoms. The minimum atomic E-state index is -0.831. The number of benzene rings is 1. The fraction of sp³-hybridized carbons (Fsp3) is 0.529. The van der Waals surface area contributed by atoms with E-state index in [1.165, 1.54) is 17.3 Å². The first kappa shape index (κ1) is 18.6. The molecule has 1 aromatic rings. The van der Waals surface area contributed by atoms with Crippen LogP contribution in [0.3, 0.4) is 0 Å². The van der Waals surface area contributed by atoms with E-state index in [0.717, 1.165) is 12.0 Å². The summed E-state index contributed by atoms with van der Waals surface area (Å²) in [5.41, 5.74) is 2.39. The Morgan fingerprint density at radius 3 is 2.36 bits per heavy atom. The van der Waals surface area contributed by atoms with Crippen molar-refractivity contribution in [1.82, 2.24) is 5.32 Å². The van der Waals surface area contributed by atoms with Gasteiger partial charge in [-0.15, -0.1) is 0 Å². The number of rotatable bonds is 9. The van der Waals surface area contributed by atoms with Crippen LogP contribution in [0.5, 0.6) is 0 Å². The van der Waals surface area contributed by atoms with Gasteiger partial charge in [-0.3, -0.25) is 9.59 Å². The number of nitrogens with one attached hydrogen (secondary N) is 1. The molecule has 0 aliphatic rings. The third-order valence-corrected chi connectivity index (χ3v) is 4.15. The third kappa shape index (κ3) is 7.50. The number of carbonyl (C=O) groups excluding carboxylic acids is 1. The Balaban J connectivity index is 2.39. The third-order valence-electron chi connectivity index (χ3n) is 3.19. The molecule has 0 bridgehead atoms.